The van der Waals surface area contributed by atoms with Crippen molar-refractivity contribution in [1.29, 1.82) is 0 Å². The van der Waals surface area contributed by atoms with E-state index in [1.165, 1.54) is 0 Å². The Bertz CT molecular complexity index is 1990. The number of aliphatic carboxylic acids is 3. The van der Waals surface area contributed by atoms with E-state index in [1.54, 1.807) is 75.4 Å². The first-order valence-corrected chi connectivity index (χ1v) is 26.2. The first kappa shape index (κ1) is 65.1. The molecule has 0 spiro atoms. The fraction of sp³-hybridized carbons (Fsp3) is 0.731. The minimum Gasteiger partial charge on any atom is -0.480 e. The van der Waals surface area contributed by atoms with Crippen LogP contribution in [0.2, 0.25) is 0 Å². The predicted molar refractivity (Wildman–Crippen MR) is 284 cm³/mol. The second-order valence-electron chi connectivity index (χ2n) is 21.1. The van der Waals surface area contributed by atoms with Gasteiger partial charge in [0.1, 0.15) is 19.8 Å². The molecule has 0 aliphatic carbocycles. The summed E-state index contributed by atoms with van der Waals surface area (Å²) in [6.45, 7) is 19.6. The molecule has 1 aromatic carbocycles. The van der Waals surface area contributed by atoms with E-state index in [0.717, 1.165) is 25.1 Å². The maximum absolute atomic E-state index is 14.3. The minimum absolute atomic E-state index is 0.0113. The SMILES string of the molecule is CCCOC(=O)C(C)(C)CC(C)(CC(C)(CC(C)(C)C(=O)OCCNC(=S)Nc1ccc(CC2CN(CC(=O)O)CCN(CC(=O)O)CCN2CC(=O)O)cc1)C(=O)OCCNC)C(=O)OCCN(CC)CCC. The Kier molecular flexibility index (Phi) is 28.0. The molecule has 0 aromatic heterocycles. The zero-order valence-electron chi connectivity index (χ0n) is 45.7. The normalized spacial score (nSPS) is 16.8. The van der Waals surface area contributed by atoms with Crippen molar-refractivity contribution in [2.45, 2.75) is 107 Å². The van der Waals surface area contributed by atoms with Crippen molar-refractivity contribution in [3.8, 4) is 0 Å². The van der Waals surface area contributed by atoms with Crippen LogP contribution in [0.15, 0.2) is 24.3 Å². The van der Waals surface area contributed by atoms with Crippen LogP contribution < -0.4 is 16.0 Å². The average Bonchev–Trinajstić information content (AvgIpc) is 3.37. The summed E-state index contributed by atoms with van der Waals surface area (Å²) in [5.41, 5.74) is -3.78. The van der Waals surface area contributed by atoms with Crippen LogP contribution in [0.25, 0.3) is 0 Å². The summed E-state index contributed by atoms with van der Waals surface area (Å²) in [4.78, 5) is 98.3. The molecule has 1 aromatic rings. The Morgan fingerprint density at radius 2 is 1.14 bits per heavy atom. The van der Waals surface area contributed by atoms with Crippen molar-refractivity contribution in [3.05, 3.63) is 29.8 Å². The summed E-state index contributed by atoms with van der Waals surface area (Å²) in [5, 5.41) is 38.1. The Morgan fingerprint density at radius 3 is 1.66 bits per heavy atom. The number of hydrogen-bond acceptors (Lipinski definition) is 17. The van der Waals surface area contributed by atoms with E-state index in [2.05, 4.69) is 27.8 Å². The fourth-order valence-corrected chi connectivity index (χ4v) is 9.87. The summed E-state index contributed by atoms with van der Waals surface area (Å²) >= 11 is 5.53. The monoisotopic (exact) mass is 1070 g/mol. The summed E-state index contributed by atoms with van der Waals surface area (Å²) in [6, 6.07) is 6.90. The lowest BCUT2D eigenvalue weighted by Gasteiger charge is -2.42. The second kappa shape index (κ2) is 31.8. The number of anilines is 1. The summed E-state index contributed by atoms with van der Waals surface area (Å²) in [5.74, 6) is -5.41. The molecular formula is C52H87N7O14S. The van der Waals surface area contributed by atoms with Gasteiger partial charge in [-0.2, -0.15) is 0 Å². The van der Waals surface area contributed by atoms with Crippen molar-refractivity contribution in [2.75, 3.05) is 124 Å². The third kappa shape index (κ3) is 23.3. The van der Waals surface area contributed by atoms with Gasteiger partial charge in [-0.15, -0.1) is 0 Å². The number of likely N-dealkylation sites (N-methyl/N-ethyl adjacent to an activating group) is 2. The third-order valence-electron chi connectivity index (χ3n) is 13.0. The van der Waals surface area contributed by atoms with Gasteiger partial charge >= 0.3 is 41.8 Å². The van der Waals surface area contributed by atoms with Gasteiger partial charge in [-0.3, -0.25) is 48.3 Å². The van der Waals surface area contributed by atoms with Crippen LogP contribution >= 0.6 is 12.2 Å². The Morgan fingerprint density at radius 1 is 0.635 bits per heavy atom. The summed E-state index contributed by atoms with van der Waals surface area (Å²) < 4.78 is 23.0. The molecule has 0 bridgehead atoms. The smallest absolute Gasteiger partial charge is 0.317 e. The molecule has 1 saturated heterocycles. The zero-order valence-corrected chi connectivity index (χ0v) is 46.5. The first-order valence-electron chi connectivity index (χ1n) is 25.8. The molecule has 1 aliphatic heterocycles. The Hall–Kier alpha value is -5.00. The maximum atomic E-state index is 14.3. The van der Waals surface area contributed by atoms with Crippen LogP contribution in [0.5, 0.6) is 0 Å². The van der Waals surface area contributed by atoms with Crippen molar-refractivity contribution in [3.63, 3.8) is 0 Å². The number of ether oxygens (including phenoxy) is 4. The van der Waals surface area contributed by atoms with Gasteiger partial charge in [0.15, 0.2) is 5.11 Å². The number of hydrogen-bond donors (Lipinski definition) is 6. The highest BCUT2D eigenvalue weighted by molar-refractivity contribution is 7.80. The van der Waals surface area contributed by atoms with Gasteiger partial charge in [0.05, 0.1) is 54.4 Å². The Balaban J connectivity index is 2.21. The first-order chi connectivity index (χ1) is 34.7. The number of carbonyl (C=O) groups is 7. The van der Waals surface area contributed by atoms with Gasteiger partial charge in [-0.1, -0.05) is 32.9 Å². The highest BCUT2D eigenvalue weighted by Crippen LogP contribution is 2.49. The Labute approximate surface area is 443 Å². The van der Waals surface area contributed by atoms with Crippen LogP contribution in [0.3, 0.4) is 0 Å². The van der Waals surface area contributed by atoms with Crippen molar-refractivity contribution >= 4 is 64.8 Å². The number of benzene rings is 1. The average molecular weight is 1070 g/mol. The molecule has 22 heteroatoms. The molecule has 2 rings (SSSR count). The second-order valence-corrected chi connectivity index (χ2v) is 21.5. The molecule has 0 saturated carbocycles. The van der Waals surface area contributed by atoms with Gasteiger partial charge in [-0.05, 0) is 130 Å². The molecule has 21 nitrogen and oxygen atoms in total. The number of carbonyl (C=O) groups excluding carboxylic acids is 4. The molecule has 420 valence electrons. The highest BCUT2D eigenvalue weighted by Gasteiger charge is 2.53. The number of rotatable bonds is 33. The minimum atomic E-state index is -1.44. The van der Waals surface area contributed by atoms with Crippen LogP contribution in [0.4, 0.5) is 5.69 Å². The molecule has 6 N–H and O–H groups in total. The van der Waals surface area contributed by atoms with Crippen molar-refractivity contribution < 1.29 is 67.8 Å². The lowest BCUT2D eigenvalue weighted by atomic mass is 9.62. The van der Waals surface area contributed by atoms with E-state index >= 15 is 0 Å². The van der Waals surface area contributed by atoms with Crippen LogP contribution in [0, 0.1) is 21.7 Å². The quantitative estimate of drug-likeness (QED) is 0.0253. The van der Waals surface area contributed by atoms with E-state index in [-0.39, 0.29) is 90.1 Å². The molecule has 1 heterocycles. The topological polar surface area (TPSA) is 266 Å². The number of esters is 4. The van der Waals surface area contributed by atoms with Crippen molar-refractivity contribution in [1.82, 2.24) is 30.2 Å². The van der Waals surface area contributed by atoms with Gasteiger partial charge in [0, 0.05) is 57.5 Å². The standard InChI is InChI=1S/C52H87N7O14S/c1-11-20-56(13-3)25-29-73-47(69)52(9,35-49(4,5)44(66)70-26-12-2)37-51(8,46(68)72-27-18-53-10)36-50(6,7)45(67)71-28-19-54-48(74)55-39-16-14-38(15-17-39)30-40-31-58(33-42(62)63)22-21-57(32-41(60)61)23-24-59(40)34-43(64)65/h14-17,40,53H,11-13,18-37H2,1-10H3,(H,60,61)(H,62,63)(H,64,65)(H2,54,55,74). The molecule has 1 aliphatic rings. The van der Waals surface area contributed by atoms with E-state index < -0.39 is 69.5 Å². The number of nitrogens with one attached hydrogen (secondary N) is 3. The summed E-state index contributed by atoms with van der Waals surface area (Å²) in [6.07, 6.45) is 1.74. The fourth-order valence-electron chi connectivity index (χ4n) is 9.65. The van der Waals surface area contributed by atoms with Crippen molar-refractivity contribution in [2.24, 2.45) is 21.7 Å². The highest BCUT2D eigenvalue weighted by atomic mass is 32.1. The summed E-state index contributed by atoms with van der Waals surface area (Å²) in [7, 11) is 1.72. The molecule has 0 radical (unpaired) electrons. The number of nitrogens with zero attached hydrogens (tertiary/aromatic N) is 4. The lowest BCUT2D eigenvalue weighted by Crippen LogP contribution is -2.49. The number of carboxylic acids is 3. The zero-order chi connectivity index (χ0) is 55.7. The maximum Gasteiger partial charge on any atom is 0.317 e. The van der Waals surface area contributed by atoms with E-state index in [1.807, 2.05) is 26.0 Å². The largest absolute Gasteiger partial charge is 0.480 e. The molecule has 74 heavy (non-hydrogen) atoms. The van der Waals surface area contributed by atoms with Crippen LogP contribution in [0.1, 0.15) is 100.0 Å². The molecule has 0 amide bonds. The third-order valence-corrected chi connectivity index (χ3v) is 13.2. The van der Waals surface area contributed by atoms with Crippen LogP contribution in [-0.2, 0) is 58.9 Å². The number of thiocarbonyl (C=S) groups is 1. The van der Waals surface area contributed by atoms with Gasteiger partial charge in [-0.25, -0.2) is 0 Å². The lowest BCUT2D eigenvalue weighted by molar-refractivity contribution is -0.172. The van der Waals surface area contributed by atoms with Gasteiger partial charge in [0.25, 0.3) is 0 Å². The molecule has 3 atom stereocenters. The van der Waals surface area contributed by atoms with Gasteiger partial charge < -0.3 is 55.1 Å². The predicted octanol–water partition coefficient (Wildman–Crippen LogP) is 3.83. The van der Waals surface area contributed by atoms with Crippen LogP contribution in [-0.4, -0.2) is 206 Å². The van der Waals surface area contributed by atoms with E-state index in [0.29, 0.717) is 51.3 Å². The molecule has 3 unspecified atom stereocenters. The number of carboxylic acid groups (broad SMARTS) is 3. The van der Waals surface area contributed by atoms with E-state index in [9.17, 15) is 48.9 Å². The molecular weight excluding hydrogens is 979 g/mol. The van der Waals surface area contributed by atoms with Gasteiger partial charge in [0.2, 0.25) is 0 Å². The molecule has 1 fully saturated rings. The van der Waals surface area contributed by atoms with E-state index in [4.69, 9.17) is 31.2 Å².